The number of carbonyl (C=O) groups is 2. The van der Waals surface area contributed by atoms with E-state index in [4.69, 9.17) is 33.4 Å². The molecule has 1 heterocycles. The lowest BCUT2D eigenvalue weighted by molar-refractivity contribution is 0.0977. The minimum atomic E-state index is -0.779. The second-order valence-corrected chi connectivity index (χ2v) is 5.59. The van der Waals surface area contributed by atoms with Gasteiger partial charge in [-0.1, -0.05) is 35.3 Å². The van der Waals surface area contributed by atoms with Crippen molar-refractivity contribution in [3.8, 4) is 0 Å². The summed E-state index contributed by atoms with van der Waals surface area (Å²) in [7, 11) is 0. The second-order valence-electron chi connectivity index (χ2n) is 4.74. The molecule has 116 valence electrons. The maximum atomic E-state index is 12.4. The number of amides is 2. The summed E-state index contributed by atoms with van der Waals surface area (Å²) in [5, 5.41) is 3.81. The van der Waals surface area contributed by atoms with Crippen LogP contribution in [0.3, 0.4) is 0 Å². The van der Waals surface area contributed by atoms with E-state index in [1.54, 1.807) is 30.3 Å². The van der Waals surface area contributed by atoms with E-state index in [1.165, 1.54) is 12.1 Å². The molecule has 0 saturated carbocycles. The van der Waals surface area contributed by atoms with E-state index < -0.39 is 11.8 Å². The number of primary amides is 1. The molecule has 0 aliphatic carbocycles. The highest BCUT2D eigenvalue weighted by atomic mass is 35.5. The Morgan fingerprint density at radius 1 is 1.09 bits per heavy atom. The van der Waals surface area contributed by atoms with E-state index in [0.29, 0.717) is 16.0 Å². The third-order valence-electron chi connectivity index (χ3n) is 3.23. The molecule has 3 rings (SSSR count). The Bertz CT molecular complexity index is 934. The lowest BCUT2D eigenvalue weighted by Crippen LogP contribution is -2.17. The third kappa shape index (κ3) is 2.88. The Morgan fingerprint density at radius 3 is 2.52 bits per heavy atom. The van der Waals surface area contributed by atoms with Crippen LogP contribution in [0.2, 0.25) is 10.0 Å². The van der Waals surface area contributed by atoms with Gasteiger partial charge in [0.1, 0.15) is 11.3 Å². The molecule has 1 aromatic heterocycles. The predicted molar refractivity (Wildman–Crippen MR) is 89.1 cm³/mol. The maximum Gasteiger partial charge on any atom is 0.286 e. The molecule has 0 saturated heterocycles. The molecule has 5 nitrogen and oxygen atoms in total. The minimum absolute atomic E-state index is 0.121. The minimum Gasteiger partial charge on any atom is -0.449 e. The predicted octanol–water partition coefficient (Wildman–Crippen LogP) is 4.09. The van der Waals surface area contributed by atoms with Crippen LogP contribution in [0.5, 0.6) is 0 Å². The topological polar surface area (TPSA) is 85.3 Å². The molecular weight excluding hydrogens is 339 g/mol. The van der Waals surface area contributed by atoms with Gasteiger partial charge in [-0.05, 0) is 30.3 Å². The first-order valence-electron chi connectivity index (χ1n) is 6.55. The van der Waals surface area contributed by atoms with Gasteiger partial charge in [0.15, 0.2) is 0 Å². The number of rotatable bonds is 3. The summed E-state index contributed by atoms with van der Waals surface area (Å²) in [6, 6.07) is 11.4. The van der Waals surface area contributed by atoms with Crippen LogP contribution in [0.15, 0.2) is 46.9 Å². The largest absolute Gasteiger partial charge is 0.449 e. The highest BCUT2D eigenvalue weighted by molar-refractivity contribution is 6.37. The number of carbonyl (C=O) groups excluding carboxylic acids is 2. The lowest BCUT2D eigenvalue weighted by atomic mass is 10.1. The summed E-state index contributed by atoms with van der Waals surface area (Å²) in [5.74, 6) is -1.40. The fraction of sp³-hybridized carbons (Fsp3) is 0. The molecule has 0 bridgehead atoms. The van der Waals surface area contributed by atoms with Crippen LogP contribution in [0.1, 0.15) is 20.9 Å². The van der Waals surface area contributed by atoms with Crippen LogP contribution in [0, 0.1) is 0 Å². The summed E-state index contributed by atoms with van der Waals surface area (Å²) >= 11 is 11.8. The molecule has 2 amide bonds. The molecule has 0 aliphatic rings. The normalized spacial score (nSPS) is 10.7. The van der Waals surface area contributed by atoms with Gasteiger partial charge in [-0.2, -0.15) is 0 Å². The van der Waals surface area contributed by atoms with Gasteiger partial charge in [0.2, 0.25) is 5.76 Å². The number of nitrogens with two attached hydrogens (primary N) is 1. The zero-order chi connectivity index (χ0) is 16.6. The molecule has 0 aliphatic heterocycles. The summed E-state index contributed by atoms with van der Waals surface area (Å²) in [4.78, 5) is 24.0. The van der Waals surface area contributed by atoms with E-state index in [2.05, 4.69) is 5.32 Å². The van der Waals surface area contributed by atoms with Crippen molar-refractivity contribution in [1.82, 2.24) is 0 Å². The Kier molecular flexibility index (Phi) is 3.98. The molecule has 0 radical (unpaired) electrons. The van der Waals surface area contributed by atoms with Gasteiger partial charge >= 0.3 is 0 Å². The molecule has 0 fully saturated rings. The number of benzene rings is 2. The van der Waals surface area contributed by atoms with Crippen LogP contribution >= 0.6 is 23.2 Å². The fourth-order valence-electron chi connectivity index (χ4n) is 2.20. The van der Waals surface area contributed by atoms with Crippen molar-refractivity contribution in [1.29, 1.82) is 0 Å². The average Bonchev–Trinajstić information content (AvgIpc) is 2.86. The van der Waals surface area contributed by atoms with Crippen LogP contribution in [-0.4, -0.2) is 11.8 Å². The number of nitrogens with one attached hydrogen (secondary N) is 1. The SMILES string of the molecule is NC(=O)c1oc2ccccc2c1NC(=O)c1ccc(Cl)cc1Cl. The summed E-state index contributed by atoms with van der Waals surface area (Å²) in [6.45, 7) is 0. The van der Waals surface area contributed by atoms with E-state index in [-0.39, 0.29) is 22.0 Å². The summed E-state index contributed by atoms with van der Waals surface area (Å²) in [5.41, 5.74) is 6.19. The van der Waals surface area contributed by atoms with Crippen molar-refractivity contribution >= 4 is 51.7 Å². The molecule has 0 unspecified atom stereocenters. The monoisotopic (exact) mass is 348 g/mol. The lowest BCUT2D eigenvalue weighted by Gasteiger charge is -2.07. The van der Waals surface area contributed by atoms with Crippen molar-refractivity contribution in [2.75, 3.05) is 5.32 Å². The van der Waals surface area contributed by atoms with Crippen molar-refractivity contribution < 1.29 is 14.0 Å². The molecule has 0 atom stereocenters. The molecular formula is C16H10Cl2N2O3. The van der Waals surface area contributed by atoms with Crippen molar-refractivity contribution in [3.05, 3.63) is 63.8 Å². The third-order valence-corrected chi connectivity index (χ3v) is 3.78. The average molecular weight is 349 g/mol. The molecule has 23 heavy (non-hydrogen) atoms. The molecule has 2 aromatic carbocycles. The molecule has 7 heteroatoms. The van der Waals surface area contributed by atoms with Gasteiger partial charge in [-0.15, -0.1) is 0 Å². The Balaban J connectivity index is 2.05. The number of hydrogen-bond donors (Lipinski definition) is 2. The molecule has 3 aromatic rings. The van der Waals surface area contributed by atoms with Gasteiger partial charge in [0.05, 0.1) is 10.6 Å². The van der Waals surface area contributed by atoms with Crippen LogP contribution in [0.4, 0.5) is 5.69 Å². The van der Waals surface area contributed by atoms with E-state index in [9.17, 15) is 9.59 Å². The zero-order valence-electron chi connectivity index (χ0n) is 11.6. The number of hydrogen-bond acceptors (Lipinski definition) is 3. The standard InChI is InChI=1S/C16H10Cl2N2O3/c17-8-5-6-9(11(18)7-8)16(22)20-13-10-3-1-2-4-12(10)23-14(13)15(19)21/h1-7H,(H2,19,21)(H,20,22). The van der Waals surface area contributed by atoms with Gasteiger partial charge in [-0.3, -0.25) is 9.59 Å². The van der Waals surface area contributed by atoms with Crippen molar-refractivity contribution in [3.63, 3.8) is 0 Å². The quantitative estimate of drug-likeness (QED) is 0.747. The first kappa shape index (κ1) is 15.4. The molecule has 0 spiro atoms. The smallest absolute Gasteiger partial charge is 0.286 e. The maximum absolute atomic E-state index is 12.4. The van der Waals surface area contributed by atoms with Crippen molar-refractivity contribution in [2.45, 2.75) is 0 Å². The summed E-state index contributed by atoms with van der Waals surface area (Å²) < 4.78 is 5.40. The van der Waals surface area contributed by atoms with Gasteiger partial charge in [0, 0.05) is 10.4 Å². The number of fused-ring (bicyclic) bond motifs is 1. The van der Waals surface area contributed by atoms with Crippen LogP contribution < -0.4 is 11.1 Å². The first-order valence-corrected chi connectivity index (χ1v) is 7.30. The Labute approximate surface area is 141 Å². The Hall–Kier alpha value is -2.50. The number of halogens is 2. The van der Waals surface area contributed by atoms with E-state index in [1.807, 2.05) is 0 Å². The van der Waals surface area contributed by atoms with Gasteiger partial charge in [0.25, 0.3) is 11.8 Å². The highest BCUT2D eigenvalue weighted by Gasteiger charge is 2.21. The van der Waals surface area contributed by atoms with Gasteiger partial charge < -0.3 is 15.5 Å². The zero-order valence-corrected chi connectivity index (χ0v) is 13.1. The second kappa shape index (κ2) is 5.95. The highest BCUT2D eigenvalue weighted by Crippen LogP contribution is 2.31. The number of anilines is 1. The fourth-order valence-corrected chi connectivity index (χ4v) is 2.69. The first-order chi connectivity index (χ1) is 11.0. The number of para-hydroxylation sites is 1. The van der Waals surface area contributed by atoms with E-state index in [0.717, 1.165) is 0 Å². The van der Waals surface area contributed by atoms with E-state index >= 15 is 0 Å². The number of furan rings is 1. The molecule has 3 N–H and O–H groups in total. The van der Waals surface area contributed by atoms with Crippen LogP contribution in [0.25, 0.3) is 11.0 Å². The van der Waals surface area contributed by atoms with Crippen molar-refractivity contribution in [2.24, 2.45) is 5.73 Å². The Morgan fingerprint density at radius 2 is 1.83 bits per heavy atom. The van der Waals surface area contributed by atoms with Crippen LogP contribution in [-0.2, 0) is 0 Å². The van der Waals surface area contributed by atoms with Gasteiger partial charge in [-0.25, -0.2) is 0 Å². The summed E-state index contributed by atoms with van der Waals surface area (Å²) in [6.07, 6.45) is 0.